The third-order valence-corrected chi connectivity index (χ3v) is 3.29. The summed E-state index contributed by atoms with van der Waals surface area (Å²) in [6, 6.07) is 8.74. The van der Waals surface area contributed by atoms with Crippen molar-refractivity contribution in [2.75, 3.05) is 11.9 Å². The molecule has 0 N–H and O–H groups in total. The zero-order chi connectivity index (χ0) is 13.1. The monoisotopic (exact) mass is 243 g/mol. The van der Waals surface area contributed by atoms with Crippen LogP contribution in [-0.2, 0) is 13.6 Å². The van der Waals surface area contributed by atoms with Crippen LogP contribution in [0, 0.1) is 0 Å². The van der Waals surface area contributed by atoms with Gasteiger partial charge < -0.3 is 9.47 Å². The van der Waals surface area contributed by atoms with Gasteiger partial charge in [0.15, 0.2) is 0 Å². The number of aryl methyl sites for hydroxylation is 1. The number of nitrogens with zero attached hydrogens (tertiary/aromatic N) is 3. The molecule has 2 aromatic rings. The molecule has 0 bridgehead atoms. The fraction of sp³-hybridized carbons (Fsp3) is 0.400. The van der Waals surface area contributed by atoms with Crippen LogP contribution in [0.3, 0.4) is 0 Å². The maximum Gasteiger partial charge on any atom is 0.0946 e. The minimum Gasteiger partial charge on any atom is -0.369 e. The Morgan fingerprint density at radius 2 is 2.11 bits per heavy atom. The van der Waals surface area contributed by atoms with E-state index in [1.54, 1.807) is 0 Å². The lowest BCUT2D eigenvalue weighted by Gasteiger charge is -2.20. The molecule has 2 rings (SSSR count). The second-order valence-electron chi connectivity index (χ2n) is 5.10. The summed E-state index contributed by atoms with van der Waals surface area (Å²) in [5.41, 5.74) is 3.85. The molecule has 0 saturated heterocycles. The molecule has 0 atom stereocenters. The third-order valence-electron chi connectivity index (χ3n) is 3.29. The van der Waals surface area contributed by atoms with Crippen molar-refractivity contribution in [1.29, 1.82) is 0 Å². The molecular weight excluding hydrogens is 222 g/mol. The standard InChI is InChI=1S/C15H21N3/c1-12(2)13-6-5-7-14(8-13)17(3)10-15-9-16-11-18(15)4/h5-9,11-12H,10H2,1-4H3. The van der Waals surface area contributed by atoms with Gasteiger partial charge in [0.2, 0.25) is 0 Å². The van der Waals surface area contributed by atoms with Gasteiger partial charge in [-0.25, -0.2) is 4.98 Å². The van der Waals surface area contributed by atoms with Crippen molar-refractivity contribution < 1.29 is 0 Å². The smallest absolute Gasteiger partial charge is 0.0946 e. The first kappa shape index (κ1) is 12.7. The van der Waals surface area contributed by atoms with E-state index in [9.17, 15) is 0 Å². The van der Waals surface area contributed by atoms with E-state index in [0.717, 1.165) is 6.54 Å². The van der Waals surface area contributed by atoms with E-state index in [-0.39, 0.29) is 0 Å². The number of anilines is 1. The second-order valence-corrected chi connectivity index (χ2v) is 5.10. The van der Waals surface area contributed by atoms with Gasteiger partial charge in [-0.15, -0.1) is 0 Å². The minimum absolute atomic E-state index is 0.565. The first-order chi connectivity index (χ1) is 8.58. The summed E-state index contributed by atoms with van der Waals surface area (Å²) in [6.07, 6.45) is 3.76. The van der Waals surface area contributed by atoms with Crippen LogP contribution >= 0.6 is 0 Å². The lowest BCUT2D eigenvalue weighted by atomic mass is 10.0. The Bertz CT molecular complexity index is 514. The summed E-state index contributed by atoms with van der Waals surface area (Å²) >= 11 is 0. The van der Waals surface area contributed by atoms with Crippen LogP contribution in [0.2, 0.25) is 0 Å². The van der Waals surface area contributed by atoms with Gasteiger partial charge in [0.05, 0.1) is 18.6 Å². The summed E-state index contributed by atoms with van der Waals surface area (Å²) in [5.74, 6) is 0.565. The van der Waals surface area contributed by atoms with Crippen molar-refractivity contribution in [1.82, 2.24) is 9.55 Å². The lowest BCUT2D eigenvalue weighted by Crippen LogP contribution is -2.18. The molecule has 1 aromatic carbocycles. The molecule has 3 heteroatoms. The van der Waals surface area contributed by atoms with Gasteiger partial charge in [-0.05, 0) is 23.6 Å². The minimum atomic E-state index is 0.565. The molecular formula is C15H21N3. The molecule has 1 aromatic heterocycles. The molecule has 0 aliphatic rings. The van der Waals surface area contributed by atoms with Gasteiger partial charge in [0.1, 0.15) is 0 Å². The molecule has 0 aliphatic carbocycles. The SMILES string of the molecule is CC(C)c1cccc(N(C)Cc2cncn2C)c1. The first-order valence-electron chi connectivity index (χ1n) is 6.34. The van der Waals surface area contributed by atoms with Crippen molar-refractivity contribution in [3.8, 4) is 0 Å². The Morgan fingerprint density at radius 3 is 2.72 bits per heavy atom. The number of hydrogen-bond acceptors (Lipinski definition) is 2. The quantitative estimate of drug-likeness (QED) is 0.822. The number of aromatic nitrogens is 2. The number of imidazole rings is 1. The zero-order valence-corrected chi connectivity index (χ0v) is 11.6. The van der Waals surface area contributed by atoms with Gasteiger partial charge in [-0.3, -0.25) is 0 Å². The average molecular weight is 243 g/mol. The number of hydrogen-bond donors (Lipinski definition) is 0. The van der Waals surface area contributed by atoms with Crippen molar-refractivity contribution >= 4 is 5.69 Å². The number of rotatable bonds is 4. The molecule has 0 saturated carbocycles. The molecule has 0 fully saturated rings. The first-order valence-corrected chi connectivity index (χ1v) is 6.34. The van der Waals surface area contributed by atoms with Gasteiger partial charge in [-0.2, -0.15) is 0 Å². The molecule has 1 heterocycles. The topological polar surface area (TPSA) is 21.1 Å². The van der Waals surface area contributed by atoms with Crippen LogP contribution in [-0.4, -0.2) is 16.6 Å². The summed E-state index contributed by atoms with van der Waals surface area (Å²) < 4.78 is 2.06. The van der Waals surface area contributed by atoms with Gasteiger partial charge >= 0.3 is 0 Å². The maximum atomic E-state index is 4.15. The van der Waals surface area contributed by atoms with Crippen LogP contribution in [0.25, 0.3) is 0 Å². The fourth-order valence-corrected chi connectivity index (χ4v) is 1.99. The van der Waals surface area contributed by atoms with Gasteiger partial charge in [0.25, 0.3) is 0 Å². The van der Waals surface area contributed by atoms with E-state index in [1.807, 2.05) is 19.6 Å². The lowest BCUT2D eigenvalue weighted by molar-refractivity contribution is 0.786. The average Bonchev–Trinajstić information content (AvgIpc) is 2.75. The number of benzene rings is 1. The third kappa shape index (κ3) is 2.73. The molecule has 96 valence electrons. The highest BCUT2D eigenvalue weighted by molar-refractivity contribution is 5.48. The van der Waals surface area contributed by atoms with Crippen molar-refractivity contribution in [2.45, 2.75) is 26.3 Å². The highest BCUT2D eigenvalue weighted by atomic mass is 15.1. The Morgan fingerprint density at radius 1 is 1.33 bits per heavy atom. The molecule has 18 heavy (non-hydrogen) atoms. The van der Waals surface area contributed by atoms with Crippen molar-refractivity contribution in [3.05, 3.63) is 48.0 Å². The van der Waals surface area contributed by atoms with Gasteiger partial charge in [-0.1, -0.05) is 26.0 Å². The Hall–Kier alpha value is -1.77. The van der Waals surface area contributed by atoms with Crippen molar-refractivity contribution in [2.24, 2.45) is 7.05 Å². The Kier molecular flexibility index (Phi) is 3.70. The molecule has 0 unspecified atom stereocenters. The van der Waals surface area contributed by atoms with E-state index in [1.165, 1.54) is 16.9 Å². The summed E-state index contributed by atoms with van der Waals surface area (Å²) in [6.45, 7) is 5.32. The van der Waals surface area contributed by atoms with Crippen LogP contribution in [0.15, 0.2) is 36.8 Å². The normalized spacial score (nSPS) is 10.9. The fourth-order valence-electron chi connectivity index (χ4n) is 1.99. The zero-order valence-electron chi connectivity index (χ0n) is 11.6. The second kappa shape index (κ2) is 5.25. The van der Waals surface area contributed by atoms with Crippen LogP contribution < -0.4 is 4.90 Å². The predicted molar refractivity (Wildman–Crippen MR) is 75.8 cm³/mol. The van der Waals surface area contributed by atoms with Crippen LogP contribution in [0.4, 0.5) is 5.69 Å². The van der Waals surface area contributed by atoms with E-state index in [2.05, 4.69) is 59.6 Å². The predicted octanol–water partition coefficient (Wildman–Crippen LogP) is 3.18. The summed E-state index contributed by atoms with van der Waals surface area (Å²) in [4.78, 5) is 6.40. The Labute approximate surface area is 109 Å². The van der Waals surface area contributed by atoms with E-state index in [4.69, 9.17) is 0 Å². The Balaban J connectivity index is 2.16. The van der Waals surface area contributed by atoms with Crippen LogP contribution in [0.5, 0.6) is 0 Å². The molecule has 0 aliphatic heterocycles. The van der Waals surface area contributed by atoms with Crippen LogP contribution in [0.1, 0.15) is 31.0 Å². The molecule has 0 amide bonds. The largest absolute Gasteiger partial charge is 0.369 e. The van der Waals surface area contributed by atoms with Crippen molar-refractivity contribution in [3.63, 3.8) is 0 Å². The summed E-state index contributed by atoms with van der Waals surface area (Å²) in [5, 5.41) is 0. The van der Waals surface area contributed by atoms with E-state index in [0.29, 0.717) is 5.92 Å². The summed E-state index contributed by atoms with van der Waals surface area (Å²) in [7, 11) is 4.15. The maximum absolute atomic E-state index is 4.15. The van der Waals surface area contributed by atoms with E-state index < -0.39 is 0 Å². The highest BCUT2D eigenvalue weighted by Crippen LogP contribution is 2.21. The molecule has 3 nitrogen and oxygen atoms in total. The highest BCUT2D eigenvalue weighted by Gasteiger charge is 2.06. The van der Waals surface area contributed by atoms with E-state index >= 15 is 0 Å². The molecule has 0 radical (unpaired) electrons. The molecule has 0 spiro atoms. The van der Waals surface area contributed by atoms with Gasteiger partial charge in [0, 0.05) is 26.0 Å².